The zero-order valence-electron chi connectivity index (χ0n) is 8.08. The van der Waals surface area contributed by atoms with Crippen molar-refractivity contribution in [1.82, 2.24) is 0 Å². The van der Waals surface area contributed by atoms with Crippen molar-refractivity contribution in [2.24, 2.45) is 5.92 Å². The van der Waals surface area contributed by atoms with Crippen molar-refractivity contribution in [3.8, 4) is 0 Å². The minimum absolute atomic E-state index is 0.254. The van der Waals surface area contributed by atoms with Crippen LogP contribution in [0.5, 0.6) is 0 Å². The Morgan fingerprint density at radius 3 is 2.19 bits per heavy atom. The van der Waals surface area contributed by atoms with Gasteiger partial charge in [-0.2, -0.15) is 0 Å². The first-order valence-corrected chi connectivity index (χ1v) is 5.47. The molecule has 3 N–H and O–H groups in total. The summed E-state index contributed by atoms with van der Waals surface area (Å²) in [6, 6.07) is 0. The molecule has 9 heteroatoms. The molecule has 0 radical (unpaired) electrons. The number of carbonyl (C=O) groups is 3. The van der Waals surface area contributed by atoms with E-state index in [0.717, 1.165) is 0 Å². The van der Waals surface area contributed by atoms with Crippen molar-refractivity contribution in [2.45, 2.75) is 19.3 Å². The Kier molecular flexibility index (Phi) is 6.36. The molecule has 0 aromatic heterocycles. The lowest BCUT2D eigenvalue weighted by Gasteiger charge is -2.08. The Morgan fingerprint density at radius 2 is 1.81 bits per heavy atom. The van der Waals surface area contributed by atoms with Gasteiger partial charge in [0.15, 0.2) is 0 Å². The summed E-state index contributed by atoms with van der Waals surface area (Å²) in [5.41, 5.74) is 0. The molecule has 8 nitrogen and oxygen atoms in total. The van der Waals surface area contributed by atoms with Gasteiger partial charge < -0.3 is 19.6 Å². The maximum absolute atomic E-state index is 10.8. The predicted molar refractivity (Wildman–Crippen MR) is 49.9 cm³/mol. The third kappa shape index (κ3) is 6.97. The van der Waals surface area contributed by atoms with Crippen molar-refractivity contribution in [3.05, 3.63) is 0 Å². The molecule has 2 unspecified atom stereocenters. The second-order valence-electron chi connectivity index (χ2n) is 2.91. The van der Waals surface area contributed by atoms with Crippen LogP contribution in [-0.2, 0) is 23.5 Å². The third-order valence-electron chi connectivity index (χ3n) is 1.67. The molecule has 0 aliphatic carbocycles. The normalized spacial score (nSPS) is 13.8. The van der Waals surface area contributed by atoms with E-state index in [1.165, 1.54) is 0 Å². The van der Waals surface area contributed by atoms with E-state index in [9.17, 15) is 18.9 Å². The van der Waals surface area contributed by atoms with Crippen LogP contribution in [0.1, 0.15) is 19.3 Å². The van der Waals surface area contributed by atoms with Gasteiger partial charge in [0.05, 0.1) is 12.3 Å². The Balaban J connectivity index is 4.11. The number of hydrogen-bond donors (Lipinski definition) is 3. The van der Waals surface area contributed by atoms with E-state index in [1.807, 2.05) is 0 Å². The smallest absolute Gasteiger partial charge is 0.367 e. The second-order valence-corrected chi connectivity index (χ2v) is 3.65. The molecular weight excluding hydrogens is 243 g/mol. The highest BCUT2D eigenvalue weighted by atomic mass is 31.1. The fraction of sp³-hybridized carbons (Fsp3) is 0.571. The van der Waals surface area contributed by atoms with Gasteiger partial charge >= 0.3 is 26.2 Å². The first-order valence-electron chi connectivity index (χ1n) is 4.21. The molecule has 0 fully saturated rings. The molecule has 0 heterocycles. The minimum atomic E-state index is -3.39. The third-order valence-corrected chi connectivity index (χ3v) is 2.07. The number of hydrogen-bond acceptors (Lipinski definition) is 5. The molecule has 0 bridgehead atoms. The van der Waals surface area contributed by atoms with Crippen molar-refractivity contribution >= 4 is 26.2 Å². The van der Waals surface area contributed by atoms with Crippen LogP contribution in [0.25, 0.3) is 0 Å². The number of carboxylic acids is 2. The van der Waals surface area contributed by atoms with Gasteiger partial charge in [0, 0.05) is 6.42 Å². The lowest BCUT2D eigenvalue weighted by atomic mass is 10.00. The van der Waals surface area contributed by atoms with Crippen LogP contribution in [0.4, 0.5) is 0 Å². The number of rotatable bonds is 7. The van der Waals surface area contributed by atoms with Gasteiger partial charge in [-0.15, -0.1) is 0 Å². The number of aliphatic carboxylic acids is 2. The van der Waals surface area contributed by atoms with Gasteiger partial charge in [-0.3, -0.25) is 14.4 Å². The van der Waals surface area contributed by atoms with Crippen LogP contribution in [0.3, 0.4) is 0 Å². The van der Waals surface area contributed by atoms with Crippen LogP contribution in [0, 0.1) is 5.92 Å². The van der Waals surface area contributed by atoms with Crippen LogP contribution in [0.15, 0.2) is 0 Å². The standard InChI is InChI=1S/C7H11O8P/c8-5(9)3-4(7(11)12)1-2-6(10)15-16(13)14/h4,16H,1-3H2,(H,8,9)(H,11,12)(H,13,14). The molecule has 0 amide bonds. The lowest BCUT2D eigenvalue weighted by Crippen LogP contribution is -2.19. The summed E-state index contributed by atoms with van der Waals surface area (Å²) in [6.07, 6.45) is -1.28. The molecule has 0 aromatic rings. The summed E-state index contributed by atoms with van der Waals surface area (Å²) in [6.45, 7) is 0. The van der Waals surface area contributed by atoms with Gasteiger partial charge in [0.2, 0.25) is 0 Å². The summed E-state index contributed by atoms with van der Waals surface area (Å²) in [5, 5.41) is 17.0. The summed E-state index contributed by atoms with van der Waals surface area (Å²) in [7, 11) is -3.39. The van der Waals surface area contributed by atoms with E-state index in [4.69, 9.17) is 15.1 Å². The molecule has 0 aromatic carbocycles. The molecule has 0 aliphatic heterocycles. The highest BCUT2D eigenvalue weighted by molar-refractivity contribution is 7.32. The minimum Gasteiger partial charge on any atom is -0.481 e. The summed E-state index contributed by atoms with van der Waals surface area (Å²) in [4.78, 5) is 39.8. The average Bonchev–Trinajstić information content (AvgIpc) is 2.09. The Morgan fingerprint density at radius 1 is 1.25 bits per heavy atom. The molecule has 16 heavy (non-hydrogen) atoms. The van der Waals surface area contributed by atoms with Gasteiger partial charge in [-0.05, 0) is 6.42 Å². The Bertz CT molecular complexity index is 312. The predicted octanol–water partition coefficient (Wildman–Crippen LogP) is -0.133. The molecule has 0 saturated heterocycles. The Hall–Kier alpha value is -1.40. The molecule has 0 aliphatic rings. The maximum atomic E-state index is 10.8. The van der Waals surface area contributed by atoms with Crippen LogP contribution in [-0.4, -0.2) is 33.0 Å². The zero-order valence-corrected chi connectivity index (χ0v) is 9.08. The first-order chi connectivity index (χ1) is 7.32. The first kappa shape index (κ1) is 14.6. The largest absolute Gasteiger partial charge is 0.481 e. The topological polar surface area (TPSA) is 138 Å². The van der Waals surface area contributed by atoms with Gasteiger partial charge in [0.25, 0.3) is 0 Å². The van der Waals surface area contributed by atoms with Gasteiger partial charge in [-0.25, -0.2) is 4.57 Å². The average molecular weight is 254 g/mol. The van der Waals surface area contributed by atoms with E-state index in [0.29, 0.717) is 0 Å². The van der Waals surface area contributed by atoms with Crippen molar-refractivity contribution in [3.63, 3.8) is 0 Å². The van der Waals surface area contributed by atoms with Crippen molar-refractivity contribution in [2.75, 3.05) is 0 Å². The molecule has 0 spiro atoms. The van der Waals surface area contributed by atoms with Gasteiger partial charge in [0.1, 0.15) is 0 Å². The summed E-state index contributed by atoms with van der Waals surface area (Å²) < 4.78 is 14.0. The zero-order chi connectivity index (χ0) is 12.7. The lowest BCUT2D eigenvalue weighted by molar-refractivity contribution is -0.149. The molecule has 0 rings (SSSR count). The summed E-state index contributed by atoms with van der Waals surface area (Å²) in [5.74, 6) is -4.88. The van der Waals surface area contributed by atoms with E-state index in [-0.39, 0.29) is 6.42 Å². The number of carboxylic acid groups (broad SMARTS) is 2. The monoisotopic (exact) mass is 254 g/mol. The van der Waals surface area contributed by atoms with Crippen LogP contribution >= 0.6 is 8.25 Å². The second kappa shape index (κ2) is 6.97. The van der Waals surface area contributed by atoms with Crippen molar-refractivity contribution < 1.29 is 38.6 Å². The van der Waals surface area contributed by atoms with E-state index in [2.05, 4.69) is 4.52 Å². The Labute approximate surface area is 90.8 Å². The van der Waals surface area contributed by atoms with Gasteiger partial charge in [-0.1, -0.05) is 0 Å². The maximum Gasteiger partial charge on any atom is 0.367 e. The fourth-order valence-corrected chi connectivity index (χ4v) is 1.26. The van der Waals surface area contributed by atoms with E-state index in [1.54, 1.807) is 0 Å². The number of carbonyl (C=O) groups excluding carboxylic acids is 1. The van der Waals surface area contributed by atoms with Crippen molar-refractivity contribution in [1.29, 1.82) is 0 Å². The highest BCUT2D eigenvalue weighted by Crippen LogP contribution is 2.18. The molecule has 0 saturated carbocycles. The van der Waals surface area contributed by atoms with Crippen LogP contribution < -0.4 is 0 Å². The SMILES string of the molecule is O=C(O)CC(CCC(=O)O[PH](=O)O)C(=O)O. The fourth-order valence-electron chi connectivity index (χ4n) is 0.964. The van der Waals surface area contributed by atoms with Crippen LogP contribution in [0.2, 0.25) is 0 Å². The van der Waals surface area contributed by atoms with E-state index < -0.39 is 44.9 Å². The quantitative estimate of drug-likeness (QED) is 0.534. The molecule has 92 valence electrons. The summed E-state index contributed by atoms with van der Waals surface area (Å²) >= 11 is 0. The molecular formula is C7H11O8P. The van der Waals surface area contributed by atoms with E-state index >= 15 is 0 Å². The highest BCUT2D eigenvalue weighted by Gasteiger charge is 2.22. The molecule has 2 atom stereocenters.